The molecule has 0 rings (SSSR count). The molecule has 0 aromatic carbocycles. The molecule has 0 aliphatic rings. The fraction of sp³-hybridized carbons (Fsp3) is 0.727. The average molecular weight is 198 g/mol. The zero-order chi connectivity index (χ0) is 10.8. The Morgan fingerprint density at radius 2 is 2.14 bits per heavy atom. The number of hydrogen-bond donors (Lipinski definition) is 2. The van der Waals surface area contributed by atoms with Gasteiger partial charge in [0.2, 0.25) is 5.91 Å². The molecule has 3 heteroatoms. The largest absolute Gasteiger partial charge is 0.354 e. The molecule has 0 aromatic heterocycles. The van der Waals surface area contributed by atoms with Crippen molar-refractivity contribution in [1.29, 1.82) is 0 Å². The molecule has 0 atom stereocenters. The second kappa shape index (κ2) is 8.75. The molecule has 0 heterocycles. The summed E-state index contributed by atoms with van der Waals surface area (Å²) in [4.78, 5) is 11.2. The Hall–Kier alpha value is -0.830. The maximum absolute atomic E-state index is 11.2. The Balaban J connectivity index is 3.19. The van der Waals surface area contributed by atoms with Gasteiger partial charge in [-0.15, -0.1) is 6.58 Å². The van der Waals surface area contributed by atoms with Crippen LogP contribution in [0.25, 0.3) is 0 Å². The number of unbranched alkanes of at least 4 members (excludes halogenated alkanes) is 1. The summed E-state index contributed by atoms with van der Waals surface area (Å²) in [6, 6.07) is 0.239. The molecule has 0 saturated carbocycles. The van der Waals surface area contributed by atoms with Crippen LogP contribution in [0.2, 0.25) is 0 Å². The van der Waals surface area contributed by atoms with E-state index in [0.717, 1.165) is 25.9 Å². The fourth-order valence-corrected chi connectivity index (χ4v) is 1.09. The molecule has 82 valence electrons. The van der Waals surface area contributed by atoms with Gasteiger partial charge in [-0.1, -0.05) is 6.08 Å². The summed E-state index contributed by atoms with van der Waals surface area (Å²) in [5.41, 5.74) is 0. The van der Waals surface area contributed by atoms with Crippen molar-refractivity contribution in [2.75, 3.05) is 13.1 Å². The Labute approximate surface area is 87.0 Å². The molecule has 0 aliphatic heterocycles. The first-order valence-corrected chi connectivity index (χ1v) is 5.27. The van der Waals surface area contributed by atoms with Crippen LogP contribution in [0.4, 0.5) is 0 Å². The van der Waals surface area contributed by atoms with E-state index in [2.05, 4.69) is 17.2 Å². The predicted octanol–water partition coefficient (Wildman–Crippen LogP) is 1.46. The number of allylic oxidation sites excluding steroid dienone is 1. The van der Waals surface area contributed by atoms with Crippen LogP contribution in [0.1, 0.15) is 33.1 Å². The molecule has 1 amide bonds. The third-order valence-electron chi connectivity index (χ3n) is 1.74. The minimum atomic E-state index is 0.122. The average Bonchev–Trinajstić information content (AvgIpc) is 2.10. The highest BCUT2D eigenvalue weighted by molar-refractivity contribution is 5.76. The Bertz CT molecular complexity index is 167. The number of carbonyl (C=O) groups excluding carboxylic acids is 1. The minimum absolute atomic E-state index is 0.122. The molecule has 0 saturated heterocycles. The minimum Gasteiger partial charge on any atom is -0.354 e. The standard InChI is InChI=1S/C11H22N2O/c1-4-5-6-8-12-9-7-11(14)13-10(2)3/h4,10,12H,1,5-9H2,2-3H3,(H,13,14). The van der Waals surface area contributed by atoms with Crippen molar-refractivity contribution in [3.05, 3.63) is 12.7 Å². The maximum atomic E-state index is 11.2. The molecule has 0 unspecified atom stereocenters. The molecule has 0 radical (unpaired) electrons. The molecule has 0 aliphatic carbocycles. The highest BCUT2D eigenvalue weighted by atomic mass is 16.1. The first kappa shape index (κ1) is 13.2. The van der Waals surface area contributed by atoms with Gasteiger partial charge >= 0.3 is 0 Å². The summed E-state index contributed by atoms with van der Waals surface area (Å²) in [6.45, 7) is 9.30. The lowest BCUT2D eigenvalue weighted by Gasteiger charge is -2.08. The van der Waals surface area contributed by atoms with Gasteiger partial charge in [-0.2, -0.15) is 0 Å². The quantitative estimate of drug-likeness (QED) is 0.458. The van der Waals surface area contributed by atoms with E-state index >= 15 is 0 Å². The molecule has 0 fully saturated rings. The van der Waals surface area contributed by atoms with Gasteiger partial charge in [-0.05, 0) is 33.2 Å². The summed E-state index contributed by atoms with van der Waals surface area (Å²) in [5.74, 6) is 0.122. The van der Waals surface area contributed by atoms with Crippen LogP contribution in [0.5, 0.6) is 0 Å². The lowest BCUT2D eigenvalue weighted by Crippen LogP contribution is -2.32. The van der Waals surface area contributed by atoms with E-state index in [-0.39, 0.29) is 11.9 Å². The Morgan fingerprint density at radius 3 is 2.71 bits per heavy atom. The summed E-state index contributed by atoms with van der Waals surface area (Å²) in [5, 5.41) is 6.07. The normalized spacial score (nSPS) is 10.2. The van der Waals surface area contributed by atoms with E-state index in [4.69, 9.17) is 0 Å². The van der Waals surface area contributed by atoms with Gasteiger partial charge in [-0.25, -0.2) is 0 Å². The first-order chi connectivity index (χ1) is 6.66. The lowest BCUT2D eigenvalue weighted by molar-refractivity contribution is -0.121. The van der Waals surface area contributed by atoms with Crippen LogP contribution in [-0.4, -0.2) is 25.0 Å². The number of carbonyl (C=O) groups is 1. The number of amides is 1. The third kappa shape index (κ3) is 9.26. The van der Waals surface area contributed by atoms with Gasteiger partial charge in [0.05, 0.1) is 0 Å². The summed E-state index contributed by atoms with van der Waals surface area (Å²) in [7, 11) is 0. The number of nitrogens with one attached hydrogen (secondary N) is 2. The number of rotatable bonds is 8. The molecule has 0 bridgehead atoms. The zero-order valence-electron chi connectivity index (χ0n) is 9.31. The van der Waals surface area contributed by atoms with Crippen molar-refractivity contribution in [3.63, 3.8) is 0 Å². The summed E-state index contributed by atoms with van der Waals surface area (Å²) < 4.78 is 0. The Kier molecular flexibility index (Phi) is 8.24. The molecular weight excluding hydrogens is 176 g/mol. The highest BCUT2D eigenvalue weighted by Crippen LogP contribution is 1.87. The first-order valence-electron chi connectivity index (χ1n) is 5.27. The maximum Gasteiger partial charge on any atom is 0.221 e. The van der Waals surface area contributed by atoms with Crippen LogP contribution in [-0.2, 0) is 4.79 Å². The van der Waals surface area contributed by atoms with Crippen LogP contribution < -0.4 is 10.6 Å². The predicted molar refractivity (Wildman–Crippen MR) is 60.2 cm³/mol. The van der Waals surface area contributed by atoms with Gasteiger partial charge in [0.15, 0.2) is 0 Å². The Morgan fingerprint density at radius 1 is 1.43 bits per heavy atom. The van der Waals surface area contributed by atoms with E-state index < -0.39 is 0 Å². The highest BCUT2D eigenvalue weighted by Gasteiger charge is 2.01. The van der Waals surface area contributed by atoms with E-state index in [0.29, 0.717) is 6.42 Å². The molecule has 2 N–H and O–H groups in total. The van der Waals surface area contributed by atoms with Gasteiger partial charge in [0, 0.05) is 19.0 Å². The van der Waals surface area contributed by atoms with Gasteiger partial charge < -0.3 is 10.6 Å². The van der Waals surface area contributed by atoms with Gasteiger partial charge in [0.25, 0.3) is 0 Å². The van der Waals surface area contributed by atoms with Crippen LogP contribution in [0, 0.1) is 0 Å². The van der Waals surface area contributed by atoms with Crippen molar-refractivity contribution in [3.8, 4) is 0 Å². The number of hydrogen-bond acceptors (Lipinski definition) is 2. The second-order valence-corrected chi connectivity index (χ2v) is 3.65. The third-order valence-corrected chi connectivity index (χ3v) is 1.74. The molecular formula is C11H22N2O. The lowest BCUT2D eigenvalue weighted by atomic mass is 10.3. The van der Waals surface area contributed by atoms with Crippen molar-refractivity contribution in [1.82, 2.24) is 10.6 Å². The van der Waals surface area contributed by atoms with Gasteiger partial charge in [-0.3, -0.25) is 4.79 Å². The SMILES string of the molecule is C=CCCCNCCC(=O)NC(C)C. The molecule has 3 nitrogen and oxygen atoms in total. The summed E-state index contributed by atoms with van der Waals surface area (Å²) >= 11 is 0. The molecule has 14 heavy (non-hydrogen) atoms. The summed E-state index contributed by atoms with van der Waals surface area (Å²) in [6.07, 6.45) is 4.60. The second-order valence-electron chi connectivity index (χ2n) is 3.65. The molecule has 0 aromatic rings. The van der Waals surface area contributed by atoms with E-state index in [1.54, 1.807) is 0 Å². The van der Waals surface area contributed by atoms with E-state index in [1.165, 1.54) is 0 Å². The van der Waals surface area contributed by atoms with Crippen molar-refractivity contribution >= 4 is 5.91 Å². The van der Waals surface area contributed by atoms with E-state index in [1.807, 2.05) is 19.9 Å². The van der Waals surface area contributed by atoms with Crippen molar-refractivity contribution < 1.29 is 4.79 Å². The van der Waals surface area contributed by atoms with Gasteiger partial charge in [0.1, 0.15) is 0 Å². The zero-order valence-corrected chi connectivity index (χ0v) is 9.31. The monoisotopic (exact) mass is 198 g/mol. The van der Waals surface area contributed by atoms with E-state index in [9.17, 15) is 4.79 Å². The van der Waals surface area contributed by atoms with Crippen LogP contribution in [0.3, 0.4) is 0 Å². The smallest absolute Gasteiger partial charge is 0.221 e. The van der Waals surface area contributed by atoms with Crippen molar-refractivity contribution in [2.24, 2.45) is 0 Å². The van der Waals surface area contributed by atoms with Crippen LogP contribution >= 0.6 is 0 Å². The topological polar surface area (TPSA) is 41.1 Å². The van der Waals surface area contributed by atoms with Crippen LogP contribution in [0.15, 0.2) is 12.7 Å². The fourth-order valence-electron chi connectivity index (χ4n) is 1.09. The molecule has 0 spiro atoms. The van der Waals surface area contributed by atoms with Crippen molar-refractivity contribution in [2.45, 2.75) is 39.2 Å².